The minimum Gasteiger partial charge on any atom is -0.369 e. The van der Waals surface area contributed by atoms with Gasteiger partial charge >= 0.3 is 0 Å². The van der Waals surface area contributed by atoms with Crippen LogP contribution in [0.2, 0.25) is 0 Å². The molecule has 1 saturated carbocycles. The van der Waals surface area contributed by atoms with Gasteiger partial charge in [0.1, 0.15) is 5.82 Å². The number of rotatable bonds is 5. The molecule has 0 saturated heterocycles. The molecular weight excluding hydrogens is 265 g/mol. The fraction of sp³-hybridized carbons (Fsp3) is 0.667. The summed E-state index contributed by atoms with van der Waals surface area (Å²) in [6, 6.07) is 6.51. The summed E-state index contributed by atoms with van der Waals surface area (Å²) in [5.41, 5.74) is 7.24. The van der Waals surface area contributed by atoms with Crippen LogP contribution in [0, 0.1) is 17.7 Å². The Morgan fingerprint density at radius 2 is 1.71 bits per heavy atom. The lowest BCUT2D eigenvalue weighted by atomic mass is 9.81. The molecule has 118 valence electrons. The highest BCUT2D eigenvalue weighted by Crippen LogP contribution is 2.34. The van der Waals surface area contributed by atoms with E-state index in [-0.39, 0.29) is 24.1 Å². The van der Waals surface area contributed by atoms with E-state index in [0.717, 1.165) is 24.8 Å². The van der Waals surface area contributed by atoms with Crippen LogP contribution in [0.5, 0.6) is 0 Å². The zero-order valence-corrected chi connectivity index (χ0v) is 13.4. The summed E-state index contributed by atoms with van der Waals surface area (Å²) in [5, 5.41) is 0. The van der Waals surface area contributed by atoms with E-state index >= 15 is 0 Å². The molecule has 21 heavy (non-hydrogen) atoms. The Balaban J connectivity index is 2.11. The van der Waals surface area contributed by atoms with Gasteiger partial charge in [0, 0.05) is 6.04 Å². The third-order valence-corrected chi connectivity index (χ3v) is 4.53. The first-order chi connectivity index (χ1) is 9.99. The van der Waals surface area contributed by atoms with Gasteiger partial charge in [-0.05, 0) is 55.2 Å². The molecule has 3 heteroatoms. The second-order valence-electron chi connectivity index (χ2n) is 6.72. The molecule has 4 atom stereocenters. The van der Waals surface area contributed by atoms with Crippen LogP contribution in [0.4, 0.5) is 4.39 Å². The molecule has 2 N–H and O–H groups in total. The summed E-state index contributed by atoms with van der Waals surface area (Å²) in [4.78, 5) is 0. The fourth-order valence-electron chi connectivity index (χ4n) is 3.48. The molecule has 1 fully saturated rings. The smallest absolute Gasteiger partial charge is 0.123 e. The van der Waals surface area contributed by atoms with Gasteiger partial charge in [-0.2, -0.15) is 0 Å². The molecule has 1 aromatic carbocycles. The molecule has 2 rings (SSSR count). The van der Waals surface area contributed by atoms with E-state index in [1.807, 2.05) is 0 Å². The van der Waals surface area contributed by atoms with Crippen molar-refractivity contribution in [2.75, 3.05) is 0 Å². The lowest BCUT2D eigenvalue weighted by Gasteiger charge is -2.35. The van der Waals surface area contributed by atoms with Gasteiger partial charge in [0.25, 0.3) is 0 Å². The zero-order chi connectivity index (χ0) is 15.4. The first-order valence-corrected chi connectivity index (χ1v) is 8.16. The highest BCUT2D eigenvalue weighted by molar-refractivity contribution is 5.20. The number of ether oxygens (including phenoxy) is 1. The van der Waals surface area contributed by atoms with Crippen molar-refractivity contribution in [2.24, 2.45) is 17.6 Å². The Morgan fingerprint density at radius 3 is 2.24 bits per heavy atom. The first kappa shape index (κ1) is 16.4. The first-order valence-electron chi connectivity index (χ1n) is 8.16. The van der Waals surface area contributed by atoms with Crippen molar-refractivity contribution in [3.8, 4) is 0 Å². The maximum Gasteiger partial charge on any atom is 0.123 e. The Bertz CT molecular complexity index is 423. The van der Waals surface area contributed by atoms with Crippen molar-refractivity contribution < 1.29 is 9.13 Å². The molecule has 0 spiro atoms. The van der Waals surface area contributed by atoms with Crippen LogP contribution in [0.25, 0.3) is 0 Å². The third-order valence-electron chi connectivity index (χ3n) is 4.53. The molecule has 0 bridgehead atoms. The Hall–Kier alpha value is -0.930. The van der Waals surface area contributed by atoms with E-state index in [0.29, 0.717) is 11.8 Å². The molecular formula is C18H28FNO. The van der Waals surface area contributed by atoms with Crippen LogP contribution in [0.1, 0.15) is 58.1 Å². The summed E-state index contributed by atoms with van der Waals surface area (Å²) in [6.07, 6.45) is 4.44. The second-order valence-corrected chi connectivity index (χ2v) is 6.72. The van der Waals surface area contributed by atoms with E-state index in [1.54, 1.807) is 12.1 Å². The lowest BCUT2D eigenvalue weighted by Crippen LogP contribution is -2.35. The monoisotopic (exact) mass is 293 g/mol. The molecule has 1 aliphatic rings. The van der Waals surface area contributed by atoms with Crippen molar-refractivity contribution in [3.63, 3.8) is 0 Å². The number of halogens is 1. The van der Waals surface area contributed by atoms with Crippen LogP contribution < -0.4 is 5.73 Å². The van der Waals surface area contributed by atoms with E-state index in [9.17, 15) is 4.39 Å². The van der Waals surface area contributed by atoms with Gasteiger partial charge in [-0.25, -0.2) is 4.39 Å². The summed E-state index contributed by atoms with van der Waals surface area (Å²) >= 11 is 0. The van der Waals surface area contributed by atoms with E-state index in [2.05, 4.69) is 20.8 Å². The topological polar surface area (TPSA) is 35.2 Å². The summed E-state index contributed by atoms with van der Waals surface area (Å²) in [5.74, 6) is 1.18. The normalized spacial score (nSPS) is 29.1. The zero-order valence-electron chi connectivity index (χ0n) is 13.4. The van der Waals surface area contributed by atoms with Crippen molar-refractivity contribution in [2.45, 2.75) is 64.7 Å². The Labute approximate surface area is 127 Å². The molecule has 0 radical (unpaired) electrons. The third kappa shape index (κ3) is 4.52. The fourth-order valence-corrected chi connectivity index (χ4v) is 3.48. The van der Waals surface area contributed by atoms with Crippen LogP contribution in [-0.2, 0) is 4.74 Å². The van der Waals surface area contributed by atoms with E-state index in [1.165, 1.54) is 18.6 Å². The molecule has 0 amide bonds. The van der Waals surface area contributed by atoms with Crippen LogP contribution in [0.3, 0.4) is 0 Å². The number of benzene rings is 1. The minimum atomic E-state index is -0.220. The predicted octanol–water partition coefficient (Wildman–Crippen LogP) is 4.45. The van der Waals surface area contributed by atoms with Gasteiger partial charge in [-0.1, -0.05) is 32.9 Å². The van der Waals surface area contributed by atoms with Crippen molar-refractivity contribution in [1.82, 2.24) is 0 Å². The second kappa shape index (κ2) is 7.37. The number of hydrogen-bond donors (Lipinski definition) is 1. The van der Waals surface area contributed by atoms with Gasteiger partial charge in [-0.3, -0.25) is 0 Å². The van der Waals surface area contributed by atoms with Gasteiger partial charge < -0.3 is 10.5 Å². The SMILES string of the molecule is CCC(N)C(OC1CC(C)CC(C)C1)c1ccc(F)cc1. The molecule has 2 nitrogen and oxygen atoms in total. The van der Waals surface area contributed by atoms with Gasteiger partial charge in [0.05, 0.1) is 12.2 Å². The molecule has 4 unspecified atom stereocenters. The van der Waals surface area contributed by atoms with Gasteiger partial charge in [0.2, 0.25) is 0 Å². The lowest BCUT2D eigenvalue weighted by molar-refractivity contribution is -0.0611. The molecule has 0 aromatic heterocycles. The molecule has 1 aromatic rings. The summed E-state index contributed by atoms with van der Waals surface area (Å²) < 4.78 is 19.5. The quantitative estimate of drug-likeness (QED) is 0.870. The van der Waals surface area contributed by atoms with Crippen molar-refractivity contribution in [1.29, 1.82) is 0 Å². The maximum atomic E-state index is 13.1. The predicted molar refractivity (Wildman–Crippen MR) is 84.5 cm³/mol. The highest BCUT2D eigenvalue weighted by Gasteiger charge is 2.29. The average molecular weight is 293 g/mol. The van der Waals surface area contributed by atoms with Crippen LogP contribution >= 0.6 is 0 Å². The molecule has 0 heterocycles. The average Bonchev–Trinajstić information content (AvgIpc) is 2.44. The Morgan fingerprint density at radius 1 is 1.14 bits per heavy atom. The molecule has 1 aliphatic carbocycles. The van der Waals surface area contributed by atoms with Crippen molar-refractivity contribution in [3.05, 3.63) is 35.6 Å². The van der Waals surface area contributed by atoms with Crippen LogP contribution in [0.15, 0.2) is 24.3 Å². The number of hydrogen-bond acceptors (Lipinski definition) is 2. The van der Waals surface area contributed by atoms with Crippen molar-refractivity contribution >= 4 is 0 Å². The van der Waals surface area contributed by atoms with E-state index in [4.69, 9.17) is 10.5 Å². The largest absolute Gasteiger partial charge is 0.369 e. The summed E-state index contributed by atoms with van der Waals surface area (Å²) in [7, 11) is 0. The van der Waals surface area contributed by atoms with Crippen LogP contribution in [-0.4, -0.2) is 12.1 Å². The van der Waals surface area contributed by atoms with Gasteiger partial charge in [0.15, 0.2) is 0 Å². The number of nitrogens with two attached hydrogens (primary N) is 1. The van der Waals surface area contributed by atoms with Gasteiger partial charge in [-0.15, -0.1) is 0 Å². The maximum absolute atomic E-state index is 13.1. The molecule has 0 aliphatic heterocycles. The highest BCUT2D eigenvalue weighted by atomic mass is 19.1. The summed E-state index contributed by atoms with van der Waals surface area (Å²) in [6.45, 7) is 6.65. The minimum absolute atomic E-state index is 0.0528. The Kier molecular flexibility index (Phi) is 5.77. The standard InChI is InChI=1S/C18H28FNO/c1-4-17(20)18(14-5-7-15(19)8-6-14)21-16-10-12(2)9-13(3)11-16/h5-8,12-13,16-18H,4,9-11,20H2,1-3H3. The van der Waals surface area contributed by atoms with E-state index < -0.39 is 0 Å².